The Labute approximate surface area is 115 Å². The summed E-state index contributed by atoms with van der Waals surface area (Å²) >= 11 is 0. The molecule has 0 saturated heterocycles. The van der Waals surface area contributed by atoms with Crippen LogP contribution in [-0.2, 0) is 6.42 Å². The van der Waals surface area contributed by atoms with E-state index in [0.29, 0.717) is 17.8 Å². The number of anilines is 1. The number of aromatic amines is 1. The molecule has 0 fully saturated rings. The van der Waals surface area contributed by atoms with E-state index in [0.717, 1.165) is 5.56 Å². The molecule has 2 aromatic rings. The van der Waals surface area contributed by atoms with Crippen molar-refractivity contribution in [3.05, 3.63) is 51.2 Å². The van der Waals surface area contributed by atoms with Gasteiger partial charge in [-0.05, 0) is 19.4 Å². The quantitative estimate of drug-likeness (QED) is 0.660. The lowest BCUT2D eigenvalue weighted by atomic mass is 10.1. The number of nitrogens with zero attached hydrogens (tertiary/aromatic N) is 2. The lowest BCUT2D eigenvalue weighted by Gasteiger charge is -2.06. The molecule has 0 bridgehead atoms. The third kappa shape index (κ3) is 2.51. The van der Waals surface area contributed by atoms with Gasteiger partial charge in [0.2, 0.25) is 0 Å². The number of benzene rings is 1. The van der Waals surface area contributed by atoms with Crippen molar-refractivity contribution in [3.8, 4) is 0 Å². The first-order valence-corrected chi connectivity index (χ1v) is 6.12. The smallest absolute Gasteiger partial charge is 0.285 e. The van der Waals surface area contributed by atoms with Gasteiger partial charge in [0.05, 0.1) is 11.1 Å². The van der Waals surface area contributed by atoms with Crippen LogP contribution in [0.25, 0.3) is 0 Å². The topological polar surface area (TPSA) is 101 Å². The number of carbonyl (C=O) groups excluding carboxylic acids is 1. The van der Waals surface area contributed by atoms with Gasteiger partial charge in [0.1, 0.15) is 11.4 Å². The zero-order valence-electron chi connectivity index (χ0n) is 11.1. The van der Waals surface area contributed by atoms with Crippen LogP contribution in [0.5, 0.6) is 0 Å². The maximum absolute atomic E-state index is 12.2. The Morgan fingerprint density at radius 1 is 1.50 bits per heavy atom. The van der Waals surface area contributed by atoms with Crippen molar-refractivity contribution in [1.82, 2.24) is 10.2 Å². The second-order valence-electron chi connectivity index (χ2n) is 4.31. The van der Waals surface area contributed by atoms with Gasteiger partial charge < -0.3 is 5.32 Å². The van der Waals surface area contributed by atoms with Crippen LogP contribution in [0.4, 0.5) is 11.5 Å². The van der Waals surface area contributed by atoms with Crippen LogP contribution in [0, 0.1) is 17.0 Å². The summed E-state index contributed by atoms with van der Waals surface area (Å²) in [6, 6.07) is 4.65. The Morgan fingerprint density at radius 2 is 2.25 bits per heavy atom. The van der Waals surface area contributed by atoms with Gasteiger partial charge in [-0.2, -0.15) is 5.10 Å². The first-order chi connectivity index (χ1) is 9.54. The van der Waals surface area contributed by atoms with Crippen LogP contribution < -0.4 is 5.32 Å². The molecule has 0 atom stereocenters. The fourth-order valence-electron chi connectivity index (χ4n) is 1.95. The summed E-state index contributed by atoms with van der Waals surface area (Å²) in [7, 11) is 0. The second kappa shape index (κ2) is 5.52. The van der Waals surface area contributed by atoms with Crippen molar-refractivity contribution >= 4 is 17.4 Å². The summed E-state index contributed by atoms with van der Waals surface area (Å²) in [6.45, 7) is 3.53. The average molecular weight is 274 g/mol. The molecule has 1 aromatic heterocycles. The zero-order chi connectivity index (χ0) is 14.7. The lowest BCUT2D eigenvalue weighted by Crippen LogP contribution is -2.15. The van der Waals surface area contributed by atoms with Gasteiger partial charge in [-0.15, -0.1) is 0 Å². The predicted octanol–water partition coefficient (Wildman–Crippen LogP) is 2.44. The number of nitro benzene ring substituents is 1. The van der Waals surface area contributed by atoms with E-state index < -0.39 is 10.8 Å². The minimum Gasteiger partial charge on any atom is -0.306 e. The Hall–Kier alpha value is -2.70. The number of aryl methyl sites for hydroxylation is 2. The van der Waals surface area contributed by atoms with Crippen LogP contribution in [0.15, 0.2) is 24.4 Å². The molecule has 0 spiro atoms. The van der Waals surface area contributed by atoms with E-state index in [9.17, 15) is 14.9 Å². The molecule has 0 aliphatic rings. The lowest BCUT2D eigenvalue weighted by molar-refractivity contribution is -0.385. The fourth-order valence-corrected chi connectivity index (χ4v) is 1.95. The number of nitro groups is 1. The number of rotatable bonds is 4. The van der Waals surface area contributed by atoms with Gasteiger partial charge in [0, 0.05) is 11.1 Å². The molecule has 2 rings (SSSR count). The molecule has 0 unspecified atom stereocenters. The van der Waals surface area contributed by atoms with E-state index in [-0.39, 0.29) is 11.3 Å². The number of hydrogen-bond acceptors (Lipinski definition) is 4. The molecule has 0 aliphatic carbocycles. The normalized spacial score (nSPS) is 10.3. The minimum absolute atomic E-state index is 0.0339. The molecule has 7 heteroatoms. The van der Waals surface area contributed by atoms with E-state index in [1.54, 1.807) is 25.3 Å². The van der Waals surface area contributed by atoms with Crippen LogP contribution in [0.1, 0.15) is 28.4 Å². The van der Waals surface area contributed by atoms with Gasteiger partial charge in [0.15, 0.2) is 0 Å². The average Bonchev–Trinajstić information content (AvgIpc) is 2.85. The van der Waals surface area contributed by atoms with Crippen LogP contribution in [-0.4, -0.2) is 21.0 Å². The molecule has 1 heterocycles. The van der Waals surface area contributed by atoms with Gasteiger partial charge >= 0.3 is 0 Å². The number of H-pyrrole nitrogens is 1. The number of aromatic nitrogens is 2. The molecule has 7 nitrogen and oxygen atoms in total. The SMILES string of the molecule is CCc1cn[nH]c1NC(=O)c1cccc(C)c1[N+](=O)[O-]. The van der Waals surface area contributed by atoms with E-state index >= 15 is 0 Å². The van der Waals surface area contributed by atoms with Gasteiger partial charge in [0.25, 0.3) is 11.6 Å². The van der Waals surface area contributed by atoms with Crippen LogP contribution in [0.3, 0.4) is 0 Å². The van der Waals surface area contributed by atoms with Crippen molar-refractivity contribution in [2.45, 2.75) is 20.3 Å². The third-order valence-electron chi connectivity index (χ3n) is 3.00. The van der Waals surface area contributed by atoms with Gasteiger partial charge in [-0.1, -0.05) is 19.1 Å². The number of para-hydroxylation sites is 1. The Bertz CT molecular complexity index is 663. The molecule has 0 radical (unpaired) electrons. The van der Waals surface area contributed by atoms with E-state index in [1.165, 1.54) is 6.07 Å². The predicted molar refractivity (Wildman–Crippen MR) is 73.8 cm³/mol. The Kier molecular flexibility index (Phi) is 3.79. The van der Waals surface area contributed by atoms with E-state index in [4.69, 9.17) is 0 Å². The zero-order valence-corrected chi connectivity index (χ0v) is 11.1. The monoisotopic (exact) mass is 274 g/mol. The first-order valence-electron chi connectivity index (χ1n) is 6.12. The highest BCUT2D eigenvalue weighted by molar-refractivity contribution is 6.07. The number of hydrogen-bond donors (Lipinski definition) is 2. The number of carbonyl (C=O) groups is 1. The highest BCUT2D eigenvalue weighted by Gasteiger charge is 2.23. The highest BCUT2D eigenvalue weighted by atomic mass is 16.6. The summed E-state index contributed by atoms with van der Waals surface area (Å²) in [5, 5.41) is 20.2. The second-order valence-corrected chi connectivity index (χ2v) is 4.31. The molecular weight excluding hydrogens is 260 g/mol. The maximum atomic E-state index is 12.2. The molecule has 20 heavy (non-hydrogen) atoms. The first kappa shape index (κ1) is 13.7. The summed E-state index contributed by atoms with van der Waals surface area (Å²) in [5.74, 6) is -0.0624. The number of nitrogens with one attached hydrogen (secondary N) is 2. The van der Waals surface area contributed by atoms with E-state index in [2.05, 4.69) is 15.5 Å². The number of amides is 1. The third-order valence-corrected chi connectivity index (χ3v) is 3.00. The molecule has 1 aromatic carbocycles. The van der Waals surface area contributed by atoms with Gasteiger partial charge in [-0.3, -0.25) is 20.0 Å². The Balaban J connectivity index is 2.35. The largest absolute Gasteiger partial charge is 0.306 e. The molecule has 0 aliphatic heterocycles. The Morgan fingerprint density at radius 3 is 2.90 bits per heavy atom. The molecule has 1 amide bonds. The minimum atomic E-state index is -0.544. The highest BCUT2D eigenvalue weighted by Crippen LogP contribution is 2.24. The van der Waals surface area contributed by atoms with Crippen molar-refractivity contribution < 1.29 is 9.72 Å². The molecular formula is C13H14N4O3. The van der Waals surface area contributed by atoms with Crippen molar-refractivity contribution in [1.29, 1.82) is 0 Å². The molecule has 104 valence electrons. The summed E-state index contributed by atoms with van der Waals surface area (Å²) < 4.78 is 0. The fraction of sp³-hybridized carbons (Fsp3) is 0.231. The van der Waals surface area contributed by atoms with Crippen molar-refractivity contribution in [2.24, 2.45) is 0 Å². The van der Waals surface area contributed by atoms with E-state index in [1.807, 2.05) is 6.92 Å². The van der Waals surface area contributed by atoms with Crippen LogP contribution >= 0.6 is 0 Å². The maximum Gasteiger partial charge on any atom is 0.285 e. The summed E-state index contributed by atoms with van der Waals surface area (Å²) in [5.41, 5.74) is 1.14. The van der Waals surface area contributed by atoms with Crippen LogP contribution in [0.2, 0.25) is 0 Å². The van der Waals surface area contributed by atoms with Crippen molar-refractivity contribution in [3.63, 3.8) is 0 Å². The summed E-state index contributed by atoms with van der Waals surface area (Å²) in [4.78, 5) is 22.7. The summed E-state index contributed by atoms with van der Waals surface area (Å²) in [6.07, 6.45) is 2.31. The molecule has 0 saturated carbocycles. The van der Waals surface area contributed by atoms with Gasteiger partial charge in [-0.25, -0.2) is 0 Å². The van der Waals surface area contributed by atoms with Crippen molar-refractivity contribution in [2.75, 3.05) is 5.32 Å². The molecule has 2 N–H and O–H groups in total. The standard InChI is InChI=1S/C13H14N4O3/c1-3-9-7-14-16-12(9)15-13(18)10-6-4-5-8(2)11(10)17(19)20/h4-7H,3H2,1-2H3,(H2,14,15,16,18).